The van der Waals surface area contributed by atoms with Crippen molar-refractivity contribution >= 4 is 5.91 Å². The first-order valence-electron chi connectivity index (χ1n) is 6.51. The summed E-state index contributed by atoms with van der Waals surface area (Å²) in [4.78, 5) is 15.7. The fourth-order valence-electron chi connectivity index (χ4n) is 1.91. The number of amides is 1. The van der Waals surface area contributed by atoms with E-state index in [1.165, 1.54) is 7.11 Å². The summed E-state index contributed by atoms with van der Waals surface area (Å²) < 4.78 is 4.85. The molecule has 1 aliphatic heterocycles. The second kappa shape index (κ2) is 6.50. The molecule has 0 radical (unpaired) electrons. The SMILES string of the molecule is COCC(=O)N1CCN(C[C@@H](O)C(C)(C)C)CC1. The lowest BCUT2D eigenvalue weighted by molar-refractivity contribution is -0.137. The van der Waals surface area contributed by atoms with Crippen LogP contribution >= 0.6 is 0 Å². The van der Waals surface area contributed by atoms with E-state index >= 15 is 0 Å². The van der Waals surface area contributed by atoms with Gasteiger partial charge in [0.15, 0.2) is 0 Å². The standard InChI is InChI=1S/C13H26N2O3/c1-13(2,3)11(16)9-14-5-7-15(8-6-14)12(17)10-18-4/h11,16H,5-10H2,1-4H3/t11-/m1/s1. The van der Waals surface area contributed by atoms with E-state index in [0.29, 0.717) is 6.54 Å². The molecule has 1 saturated heterocycles. The number of piperazine rings is 1. The maximum Gasteiger partial charge on any atom is 0.248 e. The predicted molar refractivity (Wildman–Crippen MR) is 70.4 cm³/mol. The topological polar surface area (TPSA) is 53.0 Å². The van der Waals surface area contributed by atoms with E-state index in [1.807, 2.05) is 25.7 Å². The van der Waals surface area contributed by atoms with E-state index in [9.17, 15) is 9.90 Å². The van der Waals surface area contributed by atoms with E-state index in [4.69, 9.17) is 4.74 Å². The van der Waals surface area contributed by atoms with Crippen molar-refractivity contribution in [2.24, 2.45) is 5.41 Å². The van der Waals surface area contributed by atoms with Gasteiger partial charge in [0.25, 0.3) is 0 Å². The number of carbonyl (C=O) groups is 1. The second-order valence-corrected chi connectivity index (χ2v) is 6.00. The molecule has 18 heavy (non-hydrogen) atoms. The van der Waals surface area contributed by atoms with E-state index in [1.54, 1.807) is 0 Å². The van der Waals surface area contributed by atoms with Crippen molar-refractivity contribution in [1.82, 2.24) is 9.80 Å². The smallest absolute Gasteiger partial charge is 0.248 e. The van der Waals surface area contributed by atoms with Gasteiger partial charge in [0.05, 0.1) is 6.10 Å². The van der Waals surface area contributed by atoms with Gasteiger partial charge in [0, 0.05) is 39.8 Å². The summed E-state index contributed by atoms with van der Waals surface area (Å²) in [6.07, 6.45) is -0.335. The monoisotopic (exact) mass is 258 g/mol. The van der Waals surface area contributed by atoms with E-state index in [0.717, 1.165) is 26.2 Å². The summed E-state index contributed by atoms with van der Waals surface area (Å²) in [6, 6.07) is 0. The lowest BCUT2D eigenvalue weighted by atomic mass is 9.89. The minimum atomic E-state index is -0.335. The van der Waals surface area contributed by atoms with Crippen molar-refractivity contribution in [2.75, 3.05) is 46.4 Å². The van der Waals surface area contributed by atoms with Crippen molar-refractivity contribution in [3.05, 3.63) is 0 Å². The molecule has 1 amide bonds. The van der Waals surface area contributed by atoms with Crippen LogP contribution in [0.4, 0.5) is 0 Å². The molecular weight excluding hydrogens is 232 g/mol. The van der Waals surface area contributed by atoms with Gasteiger partial charge in [-0.3, -0.25) is 9.69 Å². The maximum atomic E-state index is 11.6. The molecule has 1 rings (SSSR count). The minimum Gasteiger partial charge on any atom is -0.391 e. The molecule has 1 fully saturated rings. The highest BCUT2D eigenvalue weighted by molar-refractivity contribution is 5.77. The summed E-state index contributed by atoms with van der Waals surface area (Å²) in [5, 5.41) is 10.1. The number of ether oxygens (including phenoxy) is 1. The molecule has 1 N–H and O–H groups in total. The van der Waals surface area contributed by atoms with Crippen molar-refractivity contribution in [3.8, 4) is 0 Å². The van der Waals surface area contributed by atoms with Crippen LogP contribution in [0, 0.1) is 5.41 Å². The van der Waals surface area contributed by atoms with Gasteiger partial charge in [-0.2, -0.15) is 0 Å². The number of rotatable bonds is 4. The zero-order valence-corrected chi connectivity index (χ0v) is 12.0. The zero-order chi connectivity index (χ0) is 13.8. The van der Waals surface area contributed by atoms with Gasteiger partial charge in [-0.25, -0.2) is 0 Å². The van der Waals surface area contributed by atoms with Crippen molar-refractivity contribution in [2.45, 2.75) is 26.9 Å². The summed E-state index contributed by atoms with van der Waals surface area (Å²) >= 11 is 0. The summed E-state index contributed by atoms with van der Waals surface area (Å²) in [6.45, 7) is 10.0. The third-order valence-electron chi connectivity index (χ3n) is 3.42. The van der Waals surface area contributed by atoms with Crippen LogP contribution < -0.4 is 0 Å². The van der Waals surface area contributed by atoms with E-state index < -0.39 is 0 Å². The van der Waals surface area contributed by atoms with Crippen LogP contribution in [0.2, 0.25) is 0 Å². The molecule has 106 valence electrons. The van der Waals surface area contributed by atoms with Crippen LogP contribution in [0.15, 0.2) is 0 Å². The number of aliphatic hydroxyl groups is 1. The van der Waals surface area contributed by atoms with Crippen molar-refractivity contribution in [1.29, 1.82) is 0 Å². The number of β-amino-alcohol motifs (C(OH)–C–C–N with tert-alkyl or cyclic N) is 1. The fraction of sp³-hybridized carbons (Fsp3) is 0.923. The van der Waals surface area contributed by atoms with Crippen LogP contribution in [0.5, 0.6) is 0 Å². The van der Waals surface area contributed by atoms with Crippen LogP contribution in [0.25, 0.3) is 0 Å². The van der Waals surface area contributed by atoms with E-state index in [-0.39, 0.29) is 24.0 Å². The number of nitrogens with zero attached hydrogens (tertiary/aromatic N) is 2. The largest absolute Gasteiger partial charge is 0.391 e. The van der Waals surface area contributed by atoms with E-state index in [2.05, 4.69) is 4.90 Å². The normalized spacial score (nSPS) is 19.9. The molecule has 0 unspecified atom stereocenters. The van der Waals surface area contributed by atoms with Gasteiger partial charge in [0.2, 0.25) is 5.91 Å². The lowest BCUT2D eigenvalue weighted by Gasteiger charge is -2.37. The van der Waals surface area contributed by atoms with Crippen LogP contribution in [0.1, 0.15) is 20.8 Å². The molecule has 0 bridgehead atoms. The molecule has 5 heteroatoms. The molecular formula is C13H26N2O3. The number of carbonyl (C=O) groups excluding carboxylic acids is 1. The van der Waals surface area contributed by atoms with Crippen LogP contribution in [-0.2, 0) is 9.53 Å². The lowest BCUT2D eigenvalue weighted by Crippen LogP contribution is -2.52. The van der Waals surface area contributed by atoms with Gasteiger partial charge in [0.1, 0.15) is 6.61 Å². The second-order valence-electron chi connectivity index (χ2n) is 6.00. The maximum absolute atomic E-state index is 11.6. The first-order valence-corrected chi connectivity index (χ1v) is 6.51. The molecule has 1 heterocycles. The summed E-state index contributed by atoms with van der Waals surface area (Å²) in [5.74, 6) is 0.0496. The molecule has 0 aromatic carbocycles. The highest BCUT2D eigenvalue weighted by atomic mass is 16.5. The highest BCUT2D eigenvalue weighted by Crippen LogP contribution is 2.20. The molecule has 0 aromatic rings. The van der Waals surface area contributed by atoms with Crippen molar-refractivity contribution in [3.63, 3.8) is 0 Å². The minimum absolute atomic E-state index is 0.0496. The molecule has 0 spiro atoms. The number of methoxy groups -OCH3 is 1. The first kappa shape index (κ1) is 15.4. The Morgan fingerprint density at radius 1 is 1.28 bits per heavy atom. The Morgan fingerprint density at radius 2 is 1.83 bits per heavy atom. The van der Waals surface area contributed by atoms with Crippen molar-refractivity contribution < 1.29 is 14.6 Å². The summed E-state index contributed by atoms with van der Waals surface area (Å²) in [7, 11) is 1.54. The average Bonchev–Trinajstić information content (AvgIpc) is 2.29. The van der Waals surface area contributed by atoms with Gasteiger partial charge in [-0.1, -0.05) is 20.8 Å². The number of aliphatic hydroxyl groups excluding tert-OH is 1. The Kier molecular flexibility index (Phi) is 5.56. The Labute approximate surface area is 110 Å². The van der Waals surface area contributed by atoms with Gasteiger partial charge in [-0.05, 0) is 5.41 Å². The first-order chi connectivity index (χ1) is 8.34. The third kappa shape index (κ3) is 4.55. The molecule has 5 nitrogen and oxygen atoms in total. The average molecular weight is 258 g/mol. The quantitative estimate of drug-likeness (QED) is 0.782. The van der Waals surface area contributed by atoms with Crippen LogP contribution in [0.3, 0.4) is 0 Å². The van der Waals surface area contributed by atoms with Gasteiger partial charge in [-0.15, -0.1) is 0 Å². The van der Waals surface area contributed by atoms with Crippen LogP contribution in [-0.4, -0.2) is 73.4 Å². The Hall–Kier alpha value is -0.650. The highest BCUT2D eigenvalue weighted by Gasteiger charge is 2.27. The molecule has 0 saturated carbocycles. The molecule has 0 aliphatic carbocycles. The Bertz CT molecular complexity index is 268. The number of hydrogen-bond donors (Lipinski definition) is 1. The summed E-state index contributed by atoms with van der Waals surface area (Å²) in [5.41, 5.74) is -0.0942. The Balaban J connectivity index is 2.33. The zero-order valence-electron chi connectivity index (χ0n) is 12.0. The molecule has 0 aromatic heterocycles. The molecule has 1 atom stereocenters. The Morgan fingerprint density at radius 3 is 2.28 bits per heavy atom. The predicted octanol–water partition coefficient (Wildman–Crippen LogP) is 0.184. The fourth-order valence-corrected chi connectivity index (χ4v) is 1.91. The van der Waals surface area contributed by atoms with Gasteiger partial charge < -0.3 is 14.7 Å². The molecule has 1 aliphatic rings. The third-order valence-corrected chi connectivity index (χ3v) is 3.42. The number of hydrogen-bond acceptors (Lipinski definition) is 4. The van der Waals surface area contributed by atoms with Gasteiger partial charge >= 0.3 is 0 Å².